The molecule has 0 radical (unpaired) electrons. The van der Waals surface area contributed by atoms with Gasteiger partial charge in [-0.05, 0) is 29.8 Å². The average Bonchev–Trinajstić information content (AvgIpc) is 2.56. The van der Waals surface area contributed by atoms with Crippen LogP contribution in [0, 0.1) is 0 Å². The van der Waals surface area contributed by atoms with Gasteiger partial charge in [-0.1, -0.05) is 12.1 Å². The van der Waals surface area contributed by atoms with Crippen molar-refractivity contribution < 1.29 is 23.7 Å². The molecule has 2 aliphatic heterocycles. The quantitative estimate of drug-likeness (QED) is 0.838. The summed E-state index contributed by atoms with van der Waals surface area (Å²) in [6.07, 6.45) is 3.65. The maximum atomic E-state index is 11.7. The number of methoxy groups -OCH3 is 1. The van der Waals surface area contributed by atoms with Crippen LogP contribution in [0.4, 0.5) is 0 Å². The monoisotopic (exact) mass is 302 g/mol. The van der Waals surface area contributed by atoms with Crippen LogP contribution in [0.5, 0.6) is 5.75 Å². The van der Waals surface area contributed by atoms with E-state index in [-0.39, 0.29) is 24.4 Å². The van der Waals surface area contributed by atoms with Gasteiger partial charge >= 0.3 is 0 Å². The lowest BCUT2D eigenvalue weighted by molar-refractivity contribution is -0.373. The van der Waals surface area contributed by atoms with Gasteiger partial charge in [0.15, 0.2) is 5.78 Å². The maximum Gasteiger partial charge on any atom is 0.216 e. The molecule has 0 aromatic heterocycles. The minimum absolute atomic E-state index is 0.0420. The van der Waals surface area contributed by atoms with E-state index in [4.69, 9.17) is 18.9 Å². The third-order valence-electron chi connectivity index (χ3n) is 4.50. The number of rotatable bonds is 2. The van der Waals surface area contributed by atoms with Gasteiger partial charge in [0.25, 0.3) is 0 Å². The van der Waals surface area contributed by atoms with E-state index >= 15 is 0 Å². The largest absolute Gasteiger partial charge is 0.497 e. The molecule has 1 aromatic rings. The topological polar surface area (TPSA) is 54.0 Å². The van der Waals surface area contributed by atoms with Crippen molar-refractivity contribution in [2.75, 3.05) is 13.7 Å². The van der Waals surface area contributed by atoms with Gasteiger partial charge in [0.2, 0.25) is 5.79 Å². The molecule has 1 spiro atoms. The molecule has 0 amide bonds. The van der Waals surface area contributed by atoms with Gasteiger partial charge in [-0.3, -0.25) is 4.79 Å². The number of hydrogen-bond acceptors (Lipinski definition) is 5. The minimum Gasteiger partial charge on any atom is -0.497 e. The summed E-state index contributed by atoms with van der Waals surface area (Å²) in [5, 5.41) is 0. The molecule has 2 fully saturated rings. The summed E-state index contributed by atoms with van der Waals surface area (Å²) in [4.78, 5) is 11.7. The summed E-state index contributed by atoms with van der Waals surface area (Å²) in [5.41, 5.74) is 1.03. The van der Waals surface area contributed by atoms with Gasteiger partial charge < -0.3 is 18.9 Å². The molecule has 4 rings (SSSR count). The number of fused-ring (bicyclic) bond motifs is 1. The summed E-state index contributed by atoms with van der Waals surface area (Å²) < 4.78 is 23.4. The number of hydrogen-bond donors (Lipinski definition) is 0. The zero-order valence-electron chi connectivity index (χ0n) is 12.4. The Morgan fingerprint density at radius 2 is 2.09 bits per heavy atom. The lowest BCUT2D eigenvalue weighted by atomic mass is 9.90. The Balaban J connectivity index is 1.65. The summed E-state index contributed by atoms with van der Waals surface area (Å²) in [7, 11) is 1.64. The predicted molar refractivity (Wildman–Crippen MR) is 77.5 cm³/mol. The highest BCUT2D eigenvalue weighted by atomic mass is 16.8. The summed E-state index contributed by atoms with van der Waals surface area (Å²) in [6.45, 7) is 0.607. The smallest absolute Gasteiger partial charge is 0.216 e. The number of carbonyl (C=O) groups is 1. The molecule has 1 aliphatic carbocycles. The van der Waals surface area contributed by atoms with Crippen molar-refractivity contribution in [1.29, 1.82) is 0 Å². The van der Waals surface area contributed by atoms with Crippen molar-refractivity contribution in [3.05, 3.63) is 42.0 Å². The van der Waals surface area contributed by atoms with Crippen molar-refractivity contribution in [3.63, 3.8) is 0 Å². The van der Waals surface area contributed by atoms with Crippen LogP contribution in [0.15, 0.2) is 36.4 Å². The maximum absolute atomic E-state index is 11.7. The van der Waals surface area contributed by atoms with Crippen LogP contribution >= 0.6 is 0 Å². The third kappa shape index (κ3) is 2.17. The summed E-state index contributed by atoms with van der Waals surface area (Å²) >= 11 is 0. The molecule has 1 unspecified atom stereocenters. The molecule has 22 heavy (non-hydrogen) atoms. The number of carbonyl (C=O) groups excluding carboxylic acids is 1. The van der Waals surface area contributed by atoms with Gasteiger partial charge in [0.1, 0.15) is 18.0 Å². The molecule has 0 N–H and O–H groups in total. The van der Waals surface area contributed by atoms with Crippen molar-refractivity contribution in [2.45, 2.75) is 36.9 Å². The van der Waals surface area contributed by atoms with Crippen LogP contribution in [0.2, 0.25) is 0 Å². The van der Waals surface area contributed by atoms with Gasteiger partial charge in [0, 0.05) is 12.8 Å². The van der Waals surface area contributed by atoms with Gasteiger partial charge in [0.05, 0.1) is 19.8 Å². The molecule has 4 atom stereocenters. The minimum atomic E-state index is -0.889. The summed E-state index contributed by atoms with van der Waals surface area (Å²) in [6, 6.07) is 7.78. The number of ether oxygens (including phenoxy) is 4. The molecule has 2 heterocycles. The van der Waals surface area contributed by atoms with Crippen LogP contribution in [-0.2, 0) is 19.0 Å². The van der Waals surface area contributed by atoms with Gasteiger partial charge in [-0.25, -0.2) is 0 Å². The van der Waals surface area contributed by atoms with E-state index in [0.29, 0.717) is 6.61 Å². The standard InChI is InChI=1S/C17H18O5/c1-19-13-4-2-11(3-5-13)16-14-7-9-20-17(22-14)8-6-12(18)10-15(17)21-16/h2-6,8,14-16H,7,9-10H2,1H3/t14-,15+,16?,17-/m1/s1. The Kier molecular flexibility index (Phi) is 3.29. The Morgan fingerprint density at radius 1 is 1.27 bits per heavy atom. The molecule has 5 heteroatoms. The first-order chi connectivity index (χ1) is 10.7. The second kappa shape index (κ2) is 5.19. The fourth-order valence-corrected chi connectivity index (χ4v) is 3.34. The van der Waals surface area contributed by atoms with E-state index < -0.39 is 11.9 Å². The Morgan fingerprint density at radius 3 is 2.86 bits per heavy atom. The van der Waals surface area contributed by atoms with E-state index in [0.717, 1.165) is 17.7 Å². The molecular weight excluding hydrogens is 284 g/mol. The molecule has 5 nitrogen and oxygen atoms in total. The predicted octanol–water partition coefficient (Wildman–Crippen LogP) is 2.17. The summed E-state index contributed by atoms with van der Waals surface area (Å²) in [5.74, 6) is -0.0438. The molecule has 2 saturated heterocycles. The van der Waals surface area contributed by atoms with E-state index in [2.05, 4.69) is 0 Å². The average molecular weight is 302 g/mol. The Labute approximate surface area is 128 Å². The number of ketones is 1. The van der Waals surface area contributed by atoms with Crippen LogP contribution in [0.25, 0.3) is 0 Å². The fraction of sp³-hybridized carbons (Fsp3) is 0.471. The van der Waals surface area contributed by atoms with Crippen molar-refractivity contribution in [3.8, 4) is 5.75 Å². The van der Waals surface area contributed by atoms with Gasteiger partial charge in [-0.2, -0.15) is 0 Å². The highest BCUT2D eigenvalue weighted by Gasteiger charge is 2.54. The lowest BCUT2D eigenvalue weighted by Crippen LogP contribution is -2.60. The highest BCUT2D eigenvalue weighted by Crippen LogP contribution is 2.45. The van der Waals surface area contributed by atoms with E-state index in [1.165, 1.54) is 6.08 Å². The second-order valence-corrected chi connectivity index (χ2v) is 5.84. The number of allylic oxidation sites excluding steroid dienone is 1. The zero-order chi connectivity index (χ0) is 15.2. The molecule has 3 aliphatic rings. The molecule has 2 bridgehead atoms. The van der Waals surface area contributed by atoms with Crippen molar-refractivity contribution >= 4 is 5.78 Å². The Bertz CT molecular complexity index is 608. The van der Waals surface area contributed by atoms with Crippen LogP contribution in [0.3, 0.4) is 0 Å². The first-order valence-electron chi connectivity index (χ1n) is 7.53. The molecular formula is C17H18O5. The molecule has 0 saturated carbocycles. The lowest BCUT2D eigenvalue weighted by Gasteiger charge is -2.52. The van der Waals surface area contributed by atoms with Gasteiger partial charge in [-0.15, -0.1) is 0 Å². The molecule has 116 valence electrons. The normalized spacial score (nSPS) is 36.8. The van der Waals surface area contributed by atoms with E-state index in [1.54, 1.807) is 13.2 Å². The van der Waals surface area contributed by atoms with Crippen LogP contribution < -0.4 is 4.74 Å². The number of benzene rings is 1. The third-order valence-corrected chi connectivity index (χ3v) is 4.50. The first kappa shape index (κ1) is 13.9. The van der Waals surface area contributed by atoms with Crippen LogP contribution in [-0.4, -0.2) is 37.5 Å². The van der Waals surface area contributed by atoms with E-state index in [9.17, 15) is 4.79 Å². The first-order valence-corrected chi connectivity index (χ1v) is 7.53. The van der Waals surface area contributed by atoms with Crippen molar-refractivity contribution in [1.82, 2.24) is 0 Å². The van der Waals surface area contributed by atoms with Crippen molar-refractivity contribution in [2.24, 2.45) is 0 Å². The highest BCUT2D eigenvalue weighted by molar-refractivity contribution is 5.91. The van der Waals surface area contributed by atoms with Crippen LogP contribution in [0.1, 0.15) is 24.5 Å². The zero-order valence-corrected chi connectivity index (χ0v) is 12.4. The second-order valence-electron chi connectivity index (χ2n) is 5.84. The molecule has 1 aromatic carbocycles. The SMILES string of the molecule is COc1ccc(C2O[C@H]3CC(=O)C=C[C@]34OCC[C@H]2O4)cc1. The Hall–Kier alpha value is -1.69. The fourth-order valence-electron chi connectivity index (χ4n) is 3.34. The van der Waals surface area contributed by atoms with E-state index in [1.807, 2.05) is 24.3 Å².